The average Bonchev–Trinajstić information content (AvgIpc) is 2.54. The van der Waals surface area contributed by atoms with Crippen molar-refractivity contribution in [1.29, 1.82) is 0 Å². The van der Waals surface area contributed by atoms with Crippen molar-refractivity contribution in [2.45, 2.75) is 18.9 Å². The fourth-order valence-corrected chi connectivity index (χ4v) is 2.12. The Labute approximate surface area is 78.9 Å². The Hall–Kier alpha value is -0.770. The summed E-state index contributed by atoms with van der Waals surface area (Å²) in [5, 5.41) is 2.65. The first-order valence-corrected chi connectivity index (χ1v) is 5.02. The van der Waals surface area contributed by atoms with Crippen LogP contribution >= 0.6 is 0 Å². The summed E-state index contributed by atoms with van der Waals surface area (Å²) in [5.41, 5.74) is 0. The molecular formula is C9H17N3O. The molecule has 2 aliphatic heterocycles. The highest BCUT2D eigenvalue weighted by molar-refractivity contribution is 5.74. The minimum Gasteiger partial charge on any atom is -0.341 e. The molecule has 0 aromatic rings. The van der Waals surface area contributed by atoms with Gasteiger partial charge in [0.25, 0.3) is 0 Å². The van der Waals surface area contributed by atoms with Crippen LogP contribution in [0.2, 0.25) is 0 Å². The van der Waals surface area contributed by atoms with Gasteiger partial charge in [-0.3, -0.25) is 4.90 Å². The lowest BCUT2D eigenvalue weighted by molar-refractivity contribution is 0.0725. The van der Waals surface area contributed by atoms with Gasteiger partial charge in [-0.1, -0.05) is 0 Å². The predicted octanol–water partition coefficient (Wildman–Crippen LogP) is 0.106. The van der Waals surface area contributed by atoms with E-state index in [1.54, 1.807) is 7.05 Å². The average molecular weight is 183 g/mol. The van der Waals surface area contributed by atoms with E-state index in [0.717, 1.165) is 13.1 Å². The van der Waals surface area contributed by atoms with Gasteiger partial charge in [0.05, 0.1) is 0 Å². The van der Waals surface area contributed by atoms with Crippen molar-refractivity contribution in [1.82, 2.24) is 15.1 Å². The number of nitrogens with one attached hydrogen (secondary N) is 1. The van der Waals surface area contributed by atoms with Crippen LogP contribution in [0.15, 0.2) is 0 Å². The highest BCUT2D eigenvalue weighted by atomic mass is 16.2. The summed E-state index contributed by atoms with van der Waals surface area (Å²) in [6.45, 7) is 4.29. The number of urea groups is 1. The molecule has 0 saturated carbocycles. The van der Waals surface area contributed by atoms with Crippen LogP contribution in [0.3, 0.4) is 0 Å². The summed E-state index contributed by atoms with van der Waals surface area (Å²) >= 11 is 0. The third-order valence-corrected chi connectivity index (χ3v) is 3.02. The van der Waals surface area contributed by atoms with Gasteiger partial charge in [0.15, 0.2) is 0 Å². The van der Waals surface area contributed by atoms with E-state index < -0.39 is 0 Å². The first-order valence-electron chi connectivity index (χ1n) is 5.02. The highest BCUT2D eigenvalue weighted by Gasteiger charge is 2.35. The quantitative estimate of drug-likeness (QED) is 0.626. The molecular weight excluding hydrogens is 166 g/mol. The number of likely N-dealkylation sites (tertiary alicyclic amines) is 2. The summed E-state index contributed by atoms with van der Waals surface area (Å²) in [6, 6.07) is 0.704. The summed E-state index contributed by atoms with van der Waals surface area (Å²) in [5.74, 6) is 0. The maximum absolute atomic E-state index is 11.2. The SMILES string of the molecule is CNC(=O)N1CC(N2CCCC2)C1. The molecule has 0 radical (unpaired) electrons. The van der Waals surface area contributed by atoms with Crippen LogP contribution in [0.1, 0.15) is 12.8 Å². The van der Waals surface area contributed by atoms with Gasteiger partial charge >= 0.3 is 6.03 Å². The second-order valence-electron chi connectivity index (χ2n) is 3.86. The molecule has 1 N–H and O–H groups in total. The highest BCUT2D eigenvalue weighted by Crippen LogP contribution is 2.19. The number of amides is 2. The number of hydrogen-bond acceptors (Lipinski definition) is 2. The van der Waals surface area contributed by atoms with Gasteiger partial charge in [-0.25, -0.2) is 4.79 Å². The lowest BCUT2D eigenvalue weighted by Crippen LogP contribution is -2.62. The van der Waals surface area contributed by atoms with Crippen molar-refractivity contribution in [3.05, 3.63) is 0 Å². The number of carbonyl (C=O) groups is 1. The van der Waals surface area contributed by atoms with Gasteiger partial charge in [-0.2, -0.15) is 0 Å². The van der Waals surface area contributed by atoms with Crippen LogP contribution in [0.5, 0.6) is 0 Å². The molecule has 74 valence electrons. The van der Waals surface area contributed by atoms with Gasteiger partial charge in [-0.15, -0.1) is 0 Å². The first kappa shape index (κ1) is 8.81. The molecule has 2 fully saturated rings. The predicted molar refractivity (Wildman–Crippen MR) is 50.6 cm³/mol. The van der Waals surface area contributed by atoms with Crippen LogP contribution in [0.4, 0.5) is 4.79 Å². The third kappa shape index (κ3) is 1.63. The monoisotopic (exact) mass is 183 g/mol. The van der Waals surface area contributed by atoms with Crippen molar-refractivity contribution in [2.75, 3.05) is 33.2 Å². The standard InChI is InChI=1S/C9H17N3O/c1-10-9(13)12-6-8(7-12)11-4-2-3-5-11/h8H,2-7H2,1H3,(H,10,13). The largest absolute Gasteiger partial charge is 0.341 e. The maximum Gasteiger partial charge on any atom is 0.317 e. The molecule has 4 heteroatoms. The molecule has 0 aromatic carbocycles. The van der Waals surface area contributed by atoms with Crippen LogP contribution in [0.25, 0.3) is 0 Å². The van der Waals surface area contributed by atoms with Crippen molar-refractivity contribution >= 4 is 6.03 Å². The minimum atomic E-state index is 0.0652. The first-order chi connectivity index (χ1) is 6.31. The fraction of sp³-hybridized carbons (Fsp3) is 0.889. The zero-order valence-corrected chi connectivity index (χ0v) is 8.12. The smallest absolute Gasteiger partial charge is 0.317 e. The Morgan fingerprint density at radius 1 is 1.31 bits per heavy atom. The van der Waals surface area contributed by atoms with E-state index in [2.05, 4.69) is 10.2 Å². The Kier molecular flexibility index (Phi) is 2.40. The molecule has 0 spiro atoms. The normalized spacial score (nSPS) is 24.5. The van der Waals surface area contributed by atoms with Crippen LogP contribution < -0.4 is 5.32 Å². The minimum absolute atomic E-state index is 0.0652. The fourth-order valence-electron chi connectivity index (χ4n) is 2.12. The second-order valence-corrected chi connectivity index (χ2v) is 3.86. The van der Waals surface area contributed by atoms with Crippen LogP contribution in [-0.2, 0) is 0 Å². The number of nitrogens with zero attached hydrogens (tertiary/aromatic N) is 2. The molecule has 2 saturated heterocycles. The third-order valence-electron chi connectivity index (χ3n) is 3.02. The molecule has 0 unspecified atom stereocenters. The van der Waals surface area contributed by atoms with Crippen molar-refractivity contribution in [3.63, 3.8) is 0 Å². The summed E-state index contributed by atoms with van der Waals surface area (Å²) in [4.78, 5) is 15.5. The van der Waals surface area contributed by atoms with E-state index >= 15 is 0 Å². The van der Waals surface area contributed by atoms with Crippen molar-refractivity contribution < 1.29 is 4.79 Å². The molecule has 0 aliphatic carbocycles. The molecule has 4 nitrogen and oxygen atoms in total. The lowest BCUT2D eigenvalue weighted by Gasteiger charge is -2.43. The Balaban J connectivity index is 1.74. The molecule has 2 aliphatic rings. The van der Waals surface area contributed by atoms with Gasteiger partial charge in [0.2, 0.25) is 0 Å². The van der Waals surface area contributed by atoms with E-state index in [4.69, 9.17) is 0 Å². The number of carbonyl (C=O) groups excluding carboxylic acids is 1. The van der Waals surface area contributed by atoms with E-state index in [1.807, 2.05) is 4.90 Å². The van der Waals surface area contributed by atoms with Gasteiger partial charge in [-0.05, 0) is 25.9 Å². The van der Waals surface area contributed by atoms with Crippen LogP contribution in [-0.4, -0.2) is 55.1 Å². The van der Waals surface area contributed by atoms with E-state index in [-0.39, 0.29) is 6.03 Å². The molecule has 2 heterocycles. The summed E-state index contributed by atoms with van der Waals surface area (Å²) in [6.07, 6.45) is 2.66. The topological polar surface area (TPSA) is 35.6 Å². The van der Waals surface area contributed by atoms with Gasteiger partial charge < -0.3 is 10.2 Å². The maximum atomic E-state index is 11.2. The number of hydrogen-bond donors (Lipinski definition) is 1. The Morgan fingerprint density at radius 2 is 1.92 bits per heavy atom. The van der Waals surface area contributed by atoms with Crippen molar-refractivity contribution in [2.24, 2.45) is 0 Å². The summed E-state index contributed by atoms with van der Waals surface area (Å²) in [7, 11) is 1.69. The van der Waals surface area contributed by atoms with E-state index in [1.165, 1.54) is 25.9 Å². The molecule has 0 bridgehead atoms. The second kappa shape index (κ2) is 3.54. The Morgan fingerprint density at radius 3 is 2.46 bits per heavy atom. The van der Waals surface area contributed by atoms with E-state index in [9.17, 15) is 4.79 Å². The zero-order valence-electron chi connectivity index (χ0n) is 8.12. The Bertz CT molecular complexity index is 195. The van der Waals surface area contributed by atoms with Crippen LogP contribution in [0, 0.1) is 0 Å². The van der Waals surface area contributed by atoms with E-state index in [0.29, 0.717) is 6.04 Å². The zero-order chi connectivity index (χ0) is 9.26. The van der Waals surface area contributed by atoms with Gasteiger partial charge in [0, 0.05) is 26.2 Å². The van der Waals surface area contributed by atoms with Gasteiger partial charge in [0.1, 0.15) is 0 Å². The molecule has 0 atom stereocenters. The molecule has 0 aromatic heterocycles. The van der Waals surface area contributed by atoms with Crippen molar-refractivity contribution in [3.8, 4) is 0 Å². The summed E-state index contributed by atoms with van der Waals surface area (Å²) < 4.78 is 0. The lowest BCUT2D eigenvalue weighted by atomic mass is 10.1. The number of rotatable bonds is 1. The molecule has 2 amide bonds. The molecule has 13 heavy (non-hydrogen) atoms. The molecule has 2 rings (SSSR count).